The maximum Gasteiger partial charge on any atom is 0.291 e. The van der Waals surface area contributed by atoms with Crippen LogP contribution < -0.4 is 5.32 Å². The summed E-state index contributed by atoms with van der Waals surface area (Å²) in [5, 5.41) is 7.45. The van der Waals surface area contributed by atoms with Gasteiger partial charge in [0.05, 0.1) is 12.2 Å². The molecule has 1 aliphatic rings. The average Bonchev–Trinajstić information content (AvgIpc) is 3.02. The Kier molecular flexibility index (Phi) is 5.33. The third-order valence-corrected chi connectivity index (χ3v) is 4.40. The Labute approximate surface area is 151 Å². The van der Waals surface area contributed by atoms with Crippen LogP contribution >= 0.6 is 11.6 Å². The summed E-state index contributed by atoms with van der Waals surface area (Å²) >= 11 is 5.88. The molecule has 0 bridgehead atoms. The molecule has 2 heterocycles. The van der Waals surface area contributed by atoms with Crippen molar-refractivity contribution in [3.8, 4) is 5.69 Å². The van der Waals surface area contributed by atoms with Crippen molar-refractivity contribution in [2.75, 3.05) is 19.6 Å². The molecule has 1 aliphatic heterocycles. The van der Waals surface area contributed by atoms with E-state index in [1.165, 1.54) is 0 Å². The van der Waals surface area contributed by atoms with Gasteiger partial charge in [-0.1, -0.05) is 11.6 Å². The molecule has 1 aromatic heterocycles. The monoisotopic (exact) mass is 361 g/mol. The third kappa shape index (κ3) is 4.17. The summed E-state index contributed by atoms with van der Waals surface area (Å²) in [7, 11) is 0. The summed E-state index contributed by atoms with van der Waals surface area (Å²) in [6.45, 7) is 3.25. The Morgan fingerprint density at radius 2 is 1.84 bits per heavy atom. The van der Waals surface area contributed by atoms with Gasteiger partial charge in [0.15, 0.2) is 0 Å². The van der Waals surface area contributed by atoms with Crippen molar-refractivity contribution in [2.24, 2.45) is 0 Å². The highest BCUT2D eigenvalue weighted by atomic mass is 35.5. The molecule has 7 nitrogen and oxygen atoms in total. The summed E-state index contributed by atoms with van der Waals surface area (Å²) in [6, 6.07) is 7.08. The Morgan fingerprint density at radius 1 is 1.16 bits per heavy atom. The zero-order valence-electron chi connectivity index (χ0n) is 14.0. The second-order valence-corrected chi connectivity index (χ2v) is 6.43. The molecule has 0 spiro atoms. The van der Waals surface area contributed by atoms with Crippen LogP contribution in [0.1, 0.15) is 35.7 Å². The van der Waals surface area contributed by atoms with Gasteiger partial charge in [-0.05, 0) is 50.5 Å². The first kappa shape index (κ1) is 17.4. The van der Waals surface area contributed by atoms with Crippen molar-refractivity contribution < 1.29 is 9.59 Å². The van der Waals surface area contributed by atoms with Crippen LogP contribution in [-0.2, 0) is 4.79 Å². The summed E-state index contributed by atoms with van der Waals surface area (Å²) < 4.78 is 1.57. The van der Waals surface area contributed by atoms with Crippen LogP contribution in [0.5, 0.6) is 0 Å². The zero-order valence-corrected chi connectivity index (χ0v) is 14.8. The molecule has 3 rings (SSSR count). The van der Waals surface area contributed by atoms with E-state index in [1.54, 1.807) is 40.8 Å². The highest BCUT2D eigenvalue weighted by molar-refractivity contribution is 6.30. The van der Waals surface area contributed by atoms with Crippen molar-refractivity contribution in [3.05, 3.63) is 40.9 Å². The molecule has 0 radical (unpaired) electrons. The molecular formula is C17H20ClN5O2. The minimum atomic E-state index is -0.457. The first-order valence-electron chi connectivity index (χ1n) is 8.30. The second-order valence-electron chi connectivity index (χ2n) is 5.99. The molecule has 0 unspecified atom stereocenters. The number of nitrogens with zero attached hydrogens (tertiary/aromatic N) is 4. The summed E-state index contributed by atoms with van der Waals surface area (Å²) in [5.74, 6) is 0.0943. The number of hydrogen-bond donors (Lipinski definition) is 1. The molecule has 0 saturated carbocycles. The highest BCUT2D eigenvalue weighted by Crippen LogP contribution is 2.14. The number of rotatable bonds is 4. The molecule has 8 heteroatoms. The van der Waals surface area contributed by atoms with Crippen LogP contribution in [-0.4, -0.2) is 51.1 Å². The smallest absolute Gasteiger partial charge is 0.291 e. The number of nitrogens with one attached hydrogen (secondary N) is 1. The fourth-order valence-corrected chi connectivity index (χ4v) is 2.93. The zero-order chi connectivity index (χ0) is 17.8. The molecule has 1 N–H and O–H groups in total. The second kappa shape index (κ2) is 7.65. The van der Waals surface area contributed by atoms with Crippen molar-refractivity contribution >= 4 is 23.4 Å². The van der Waals surface area contributed by atoms with Crippen LogP contribution in [0.3, 0.4) is 0 Å². The van der Waals surface area contributed by atoms with Crippen LogP contribution in [0.2, 0.25) is 5.02 Å². The number of piperidine rings is 1. The lowest BCUT2D eigenvalue weighted by Crippen LogP contribution is -2.42. The van der Waals surface area contributed by atoms with Gasteiger partial charge in [-0.15, -0.1) is 5.10 Å². The van der Waals surface area contributed by atoms with Crippen LogP contribution in [0.4, 0.5) is 0 Å². The lowest BCUT2D eigenvalue weighted by molar-refractivity contribution is -0.130. The van der Waals surface area contributed by atoms with E-state index in [4.69, 9.17) is 11.6 Å². The Morgan fingerprint density at radius 3 is 2.52 bits per heavy atom. The summed E-state index contributed by atoms with van der Waals surface area (Å²) in [5.41, 5.74) is 0.762. The number of likely N-dealkylation sites (tertiary alicyclic amines) is 1. The molecule has 0 atom stereocenters. The Bertz CT molecular complexity index is 766. The van der Waals surface area contributed by atoms with Crippen molar-refractivity contribution in [2.45, 2.75) is 26.2 Å². The van der Waals surface area contributed by atoms with E-state index in [0.29, 0.717) is 10.8 Å². The van der Waals surface area contributed by atoms with E-state index >= 15 is 0 Å². The van der Waals surface area contributed by atoms with Gasteiger partial charge >= 0.3 is 0 Å². The van der Waals surface area contributed by atoms with Gasteiger partial charge in [-0.2, -0.15) is 0 Å². The molecule has 132 valence electrons. The number of carbonyl (C=O) groups is 2. The average molecular weight is 362 g/mol. The quantitative estimate of drug-likeness (QED) is 0.902. The van der Waals surface area contributed by atoms with Gasteiger partial charge in [-0.3, -0.25) is 9.59 Å². The SMILES string of the molecule is Cc1nc(C(=O)NCC(=O)N2CCCCC2)nn1-c1ccc(Cl)cc1. The van der Waals surface area contributed by atoms with Crippen LogP contribution in [0.25, 0.3) is 5.69 Å². The van der Waals surface area contributed by atoms with Crippen molar-refractivity contribution in [1.82, 2.24) is 25.0 Å². The molecule has 2 amide bonds. The predicted molar refractivity (Wildman–Crippen MR) is 93.9 cm³/mol. The fourth-order valence-electron chi connectivity index (χ4n) is 2.80. The summed E-state index contributed by atoms with van der Waals surface area (Å²) in [6.07, 6.45) is 3.19. The number of amides is 2. The fraction of sp³-hybridized carbons (Fsp3) is 0.412. The normalized spacial score (nSPS) is 14.4. The van der Waals surface area contributed by atoms with E-state index < -0.39 is 5.91 Å². The predicted octanol–water partition coefficient (Wildman–Crippen LogP) is 1.97. The van der Waals surface area contributed by atoms with Gasteiger partial charge in [-0.25, -0.2) is 9.67 Å². The van der Waals surface area contributed by atoms with E-state index in [-0.39, 0.29) is 18.3 Å². The standard InChI is InChI=1S/C17H20ClN5O2/c1-12-20-16(21-23(12)14-7-5-13(18)6-8-14)17(25)19-11-15(24)22-9-3-2-4-10-22/h5-8H,2-4,9-11H2,1H3,(H,19,25). The number of carbonyl (C=O) groups excluding carboxylic acids is 2. The van der Waals surface area contributed by atoms with Gasteiger partial charge in [0, 0.05) is 18.1 Å². The van der Waals surface area contributed by atoms with E-state index in [2.05, 4.69) is 15.4 Å². The Balaban J connectivity index is 1.63. The largest absolute Gasteiger partial charge is 0.341 e. The maximum atomic E-state index is 12.2. The topological polar surface area (TPSA) is 80.1 Å². The van der Waals surface area contributed by atoms with E-state index in [9.17, 15) is 9.59 Å². The van der Waals surface area contributed by atoms with Crippen molar-refractivity contribution in [1.29, 1.82) is 0 Å². The molecule has 1 saturated heterocycles. The first-order valence-corrected chi connectivity index (χ1v) is 8.68. The summed E-state index contributed by atoms with van der Waals surface area (Å²) in [4.78, 5) is 30.3. The van der Waals surface area contributed by atoms with Gasteiger partial charge in [0.25, 0.3) is 5.91 Å². The van der Waals surface area contributed by atoms with Gasteiger partial charge in [0.2, 0.25) is 11.7 Å². The molecule has 1 aromatic carbocycles. The number of hydrogen-bond acceptors (Lipinski definition) is 4. The Hall–Kier alpha value is -2.41. The highest BCUT2D eigenvalue weighted by Gasteiger charge is 2.19. The van der Waals surface area contributed by atoms with Gasteiger partial charge in [0.1, 0.15) is 5.82 Å². The van der Waals surface area contributed by atoms with Crippen molar-refractivity contribution in [3.63, 3.8) is 0 Å². The number of aromatic nitrogens is 3. The molecule has 0 aliphatic carbocycles. The molecular weight excluding hydrogens is 342 g/mol. The third-order valence-electron chi connectivity index (χ3n) is 4.15. The first-order chi connectivity index (χ1) is 12.0. The minimum Gasteiger partial charge on any atom is -0.341 e. The maximum absolute atomic E-state index is 12.2. The number of benzene rings is 1. The lowest BCUT2D eigenvalue weighted by Gasteiger charge is -2.26. The van der Waals surface area contributed by atoms with Crippen LogP contribution in [0, 0.1) is 6.92 Å². The van der Waals surface area contributed by atoms with Gasteiger partial charge < -0.3 is 10.2 Å². The molecule has 25 heavy (non-hydrogen) atoms. The van der Waals surface area contributed by atoms with E-state index in [0.717, 1.165) is 38.0 Å². The number of halogens is 1. The molecule has 1 fully saturated rings. The lowest BCUT2D eigenvalue weighted by atomic mass is 10.1. The van der Waals surface area contributed by atoms with E-state index in [1.807, 2.05) is 0 Å². The number of aryl methyl sites for hydroxylation is 1. The molecule has 2 aromatic rings. The minimum absolute atomic E-state index is 0.0344. The van der Waals surface area contributed by atoms with Crippen LogP contribution in [0.15, 0.2) is 24.3 Å².